The number of nitrogens with two attached hydrogens (primary N) is 1. The van der Waals surface area contributed by atoms with Crippen molar-refractivity contribution in [3.8, 4) is 6.07 Å². The Morgan fingerprint density at radius 3 is 2.29 bits per heavy atom. The van der Waals surface area contributed by atoms with Crippen molar-refractivity contribution in [2.45, 2.75) is 12.8 Å². The van der Waals surface area contributed by atoms with E-state index in [1.54, 1.807) is 30.3 Å². The van der Waals surface area contributed by atoms with E-state index in [2.05, 4.69) is 26.7 Å². The molecule has 1 heterocycles. The Balaban J connectivity index is 1.61. The van der Waals surface area contributed by atoms with E-state index in [1.807, 2.05) is 13.0 Å². The zero-order valence-corrected chi connectivity index (χ0v) is 19.8. The molecule has 3 aromatic carbocycles. The average Bonchev–Trinajstić information content (AvgIpc) is 2.83. The first-order chi connectivity index (χ1) is 16.8. The highest BCUT2D eigenvalue weighted by atomic mass is 35.5. The summed E-state index contributed by atoms with van der Waals surface area (Å²) in [7, 11) is 0. The summed E-state index contributed by atoms with van der Waals surface area (Å²) in [6, 6.07) is 16.2. The van der Waals surface area contributed by atoms with E-state index in [0.717, 1.165) is 23.3 Å². The molecule has 0 spiro atoms. The first kappa shape index (κ1) is 24.2. The number of benzene rings is 3. The number of nitrogen functional groups attached to an aromatic ring is 1. The first-order valence-electron chi connectivity index (χ1n) is 10.3. The number of aryl methyl sites for hydroxylation is 1. The Bertz CT molecular complexity index is 1440. The third kappa shape index (κ3) is 5.27. The van der Waals surface area contributed by atoms with Crippen molar-refractivity contribution in [3.05, 3.63) is 99.3 Å². The van der Waals surface area contributed by atoms with Crippen molar-refractivity contribution < 1.29 is 8.78 Å². The number of hydrogen-bond acceptors (Lipinski definition) is 6. The van der Waals surface area contributed by atoms with E-state index >= 15 is 0 Å². The molecule has 1 unspecified atom stereocenters. The lowest BCUT2D eigenvalue weighted by atomic mass is 9.91. The molecule has 1 atom stereocenters. The highest BCUT2D eigenvalue weighted by Crippen LogP contribution is 2.36. The van der Waals surface area contributed by atoms with Crippen molar-refractivity contribution in [1.82, 2.24) is 9.97 Å². The fourth-order valence-corrected chi connectivity index (χ4v) is 3.87. The Hall–Kier alpha value is -3.93. The largest absolute Gasteiger partial charge is 0.393 e. The highest BCUT2D eigenvalue weighted by Gasteiger charge is 2.19. The molecule has 1 aromatic heterocycles. The molecule has 4 aromatic rings. The van der Waals surface area contributed by atoms with Gasteiger partial charge in [0.05, 0.1) is 12.0 Å². The predicted octanol–water partition coefficient (Wildman–Crippen LogP) is 7.09. The highest BCUT2D eigenvalue weighted by molar-refractivity contribution is 6.32. The third-order valence-corrected chi connectivity index (χ3v) is 5.89. The lowest BCUT2D eigenvalue weighted by Crippen LogP contribution is -2.07. The molecule has 4 N–H and O–H groups in total. The van der Waals surface area contributed by atoms with E-state index in [9.17, 15) is 14.0 Å². The number of halogens is 4. The van der Waals surface area contributed by atoms with Crippen LogP contribution in [0.2, 0.25) is 10.0 Å². The van der Waals surface area contributed by atoms with Crippen LogP contribution >= 0.6 is 23.2 Å². The summed E-state index contributed by atoms with van der Waals surface area (Å²) in [5.41, 5.74) is 9.49. The molecule has 6 nitrogen and oxygen atoms in total. The summed E-state index contributed by atoms with van der Waals surface area (Å²) in [5, 5.41) is 16.7. The molecule has 0 radical (unpaired) electrons. The van der Waals surface area contributed by atoms with Gasteiger partial charge in [0.25, 0.3) is 0 Å². The van der Waals surface area contributed by atoms with Crippen LogP contribution in [-0.4, -0.2) is 9.97 Å². The number of nitriles is 1. The molecule has 0 aliphatic rings. The Morgan fingerprint density at radius 1 is 0.943 bits per heavy atom. The lowest BCUT2D eigenvalue weighted by Gasteiger charge is -2.17. The molecule has 0 fully saturated rings. The van der Waals surface area contributed by atoms with E-state index < -0.39 is 17.6 Å². The van der Waals surface area contributed by atoms with Gasteiger partial charge in [-0.15, -0.1) is 0 Å². The number of hydrogen-bond donors (Lipinski definition) is 3. The maximum absolute atomic E-state index is 13.5. The van der Waals surface area contributed by atoms with Gasteiger partial charge in [-0.1, -0.05) is 41.4 Å². The van der Waals surface area contributed by atoms with E-state index in [0.29, 0.717) is 21.3 Å². The molecular weight excluding hydrogens is 493 g/mol. The van der Waals surface area contributed by atoms with Crippen LogP contribution in [0.15, 0.2) is 60.9 Å². The Kier molecular flexibility index (Phi) is 7.01. The maximum atomic E-state index is 13.5. The standard InChI is InChI=1S/C25H18Cl2F2N6/c1-13-8-17(18(11-30)14-2-4-15(26)5-3-14)19(27)10-22(13)35-25-23(31)24(32-12-33-25)34-16-6-7-20(28)21(29)9-16/h2-10,12,18H,31H2,1H3,(H2,32,33,34,35). The van der Waals surface area contributed by atoms with E-state index in [1.165, 1.54) is 12.4 Å². The fraction of sp³-hybridized carbons (Fsp3) is 0.0800. The average molecular weight is 511 g/mol. The number of nitrogens with one attached hydrogen (secondary N) is 2. The van der Waals surface area contributed by atoms with Gasteiger partial charge in [0, 0.05) is 27.5 Å². The van der Waals surface area contributed by atoms with Crippen molar-refractivity contribution in [3.63, 3.8) is 0 Å². The van der Waals surface area contributed by atoms with Gasteiger partial charge < -0.3 is 16.4 Å². The van der Waals surface area contributed by atoms with Crippen LogP contribution in [0, 0.1) is 29.9 Å². The summed E-state index contributed by atoms with van der Waals surface area (Å²) in [4.78, 5) is 8.26. The molecule has 10 heteroatoms. The van der Waals surface area contributed by atoms with Gasteiger partial charge in [0.1, 0.15) is 12.0 Å². The van der Waals surface area contributed by atoms with Gasteiger partial charge in [-0.3, -0.25) is 0 Å². The summed E-state index contributed by atoms with van der Waals surface area (Å²) in [6.45, 7) is 1.86. The number of aromatic nitrogens is 2. The minimum atomic E-state index is -0.999. The second kappa shape index (κ2) is 10.1. The first-order valence-corrected chi connectivity index (χ1v) is 11.1. The smallest absolute Gasteiger partial charge is 0.160 e. The molecule has 0 saturated carbocycles. The van der Waals surface area contributed by atoms with Crippen LogP contribution in [0.3, 0.4) is 0 Å². The van der Waals surface area contributed by atoms with Crippen LogP contribution in [0.4, 0.5) is 37.5 Å². The second-order valence-corrected chi connectivity index (χ2v) is 8.51. The topological polar surface area (TPSA) is 99.6 Å². The summed E-state index contributed by atoms with van der Waals surface area (Å²) < 4.78 is 26.8. The second-order valence-electron chi connectivity index (χ2n) is 7.67. The van der Waals surface area contributed by atoms with Gasteiger partial charge >= 0.3 is 0 Å². The molecule has 4 rings (SSSR count). The molecule has 0 aliphatic heterocycles. The summed E-state index contributed by atoms with van der Waals surface area (Å²) in [5.74, 6) is -2.05. The van der Waals surface area contributed by atoms with Crippen molar-refractivity contribution >= 4 is 51.9 Å². The van der Waals surface area contributed by atoms with Crippen LogP contribution in [0.25, 0.3) is 0 Å². The van der Waals surface area contributed by atoms with Crippen LogP contribution < -0.4 is 16.4 Å². The van der Waals surface area contributed by atoms with Gasteiger partial charge in [0.2, 0.25) is 0 Å². The van der Waals surface area contributed by atoms with E-state index in [-0.39, 0.29) is 23.0 Å². The predicted molar refractivity (Wildman–Crippen MR) is 134 cm³/mol. The van der Waals surface area contributed by atoms with Crippen molar-refractivity contribution in [2.24, 2.45) is 0 Å². The SMILES string of the molecule is Cc1cc(C(C#N)c2ccc(Cl)cc2)c(Cl)cc1Nc1ncnc(Nc2ccc(F)c(F)c2)c1N. The molecule has 0 amide bonds. The zero-order valence-electron chi connectivity index (χ0n) is 18.3. The zero-order chi connectivity index (χ0) is 25.1. The van der Waals surface area contributed by atoms with Crippen molar-refractivity contribution in [2.75, 3.05) is 16.4 Å². The molecule has 35 heavy (non-hydrogen) atoms. The number of rotatable bonds is 6. The normalized spacial score (nSPS) is 11.5. The fourth-order valence-electron chi connectivity index (χ4n) is 3.47. The Labute approximate surface area is 210 Å². The van der Waals surface area contributed by atoms with Gasteiger partial charge in [-0.05, 0) is 53.9 Å². The minimum Gasteiger partial charge on any atom is -0.393 e. The van der Waals surface area contributed by atoms with Crippen LogP contribution in [0.1, 0.15) is 22.6 Å². The quantitative estimate of drug-likeness (QED) is 0.256. The monoisotopic (exact) mass is 510 g/mol. The third-order valence-electron chi connectivity index (χ3n) is 5.31. The molecule has 0 bridgehead atoms. The maximum Gasteiger partial charge on any atom is 0.160 e. The minimum absolute atomic E-state index is 0.160. The number of nitrogens with zero attached hydrogens (tertiary/aromatic N) is 3. The van der Waals surface area contributed by atoms with E-state index in [4.69, 9.17) is 28.9 Å². The van der Waals surface area contributed by atoms with Gasteiger partial charge in [-0.25, -0.2) is 18.7 Å². The Morgan fingerprint density at radius 2 is 1.63 bits per heavy atom. The summed E-state index contributed by atoms with van der Waals surface area (Å²) >= 11 is 12.5. The molecule has 176 valence electrons. The van der Waals surface area contributed by atoms with Gasteiger partial charge in [0.15, 0.2) is 23.3 Å². The summed E-state index contributed by atoms with van der Waals surface area (Å²) in [6.07, 6.45) is 1.28. The molecular formula is C25H18Cl2F2N6. The van der Waals surface area contributed by atoms with Crippen LogP contribution in [0.5, 0.6) is 0 Å². The van der Waals surface area contributed by atoms with Crippen LogP contribution in [-0.2, 0) is 0 Å². The van der Waals surface area contributed by atoms with Gasteiger partial charge in [-0.2, -0.15) is 5.26 Å². The lowest BCUT2D eigenvalue weighted by molar-refractivity contribution is 0.509. The number of anilines is 5. The van der Waals surface area contributed by atoms with Crippen molar-refractivity contribution in [1.29, 1.82) is 5.26 Å². The molecule has 0 saturated heterocycles. The molecule has 0 aliphatic carbocycles.